The summed E-state index contributed by atoms with van der Waals surface area (Å²) in [5.41, 5.74) is 2.87. The second kappa shape index (κ2) is 5.29. The minimum absolute atomic E-state index is 0.489. The second-order valence-electron chi connectivity index (χ2n) is 5.60. The number of piperidine rings is 1. The Morgan fingerprint density at radius 1 is 1.33 bits per heavy atom. The van der Waals surface area contributed by atoms with E-state index in [1.54, 1.807) is 0 Å². The molecule has 2 aromatic heterocycles. The zero-order valence-corrected chi connectivity index (χ0v) is 11.7. The molecule has 0 unspecified atom stereocenters. The Morgan fingerprint density at radius 3 is 3.24 bits per heavy atom. The van der Waals surface area contributed by atoms with E-state index in [1.165, 1.54) is 18.4 Å². The molecule has 1 atom stereocenters. The normalized spacial score (nSPS) is 20.1. The summed E-state index contributed by atoms with van der Waals surface area (Å²) in [4.78, 5) is 10.1. The van der Waals surface area contributed by atoms with Crippen molar-refractivity contribution in [1.82, 2.24) is 25.2 Å². The van der Waals surface area contributed by atoms with Crippen molar-refractivity contribution in [3.8, 4) is 0 Å². The van der Waals surface area contributed by atoms with Gasteiger partial charge in [-0.2, -0.15) is 0 Å². The lowest BCUT2D eigenvalue weighted by Crippen LogP contribution is -2.34. The molecule has 3 heterocycles. The van der Waals surface area contributed by atoms with Gasteiger partial charge in [0.1, 0.15) is 16.9 Å². The predicted octanol–water partition coefficient (Wildman–Crippen LogP) is 2.33. The van der Waals surface area contributed by atoms with Crippen LogP contribution in [0.2, 0.25) is 0 Å². The molecule has 0 spiro atoms. The summed E-state index contributed by atoms with van der Waals surface area (Å²) < 4.78 is 4.84. The molecule has 1 aliphatic heterocycles. The smallest absolute Gasteiger partial charge is 0.139 e. The Labute approximate surface area is 122 Å². The van der Waals surface area contributed by atoms with Crippen molar-refractivity contribution in [3.05, 3.63) is 42.0 Å². The zero-order chi connectivity index (χ0) is 14.1. The molecule has 4 rings (SSSR count). The molecule has 1 saturated heterocycles. The minimum atomic E-state index is 0.489. The third-order valence-electron chi connectivity index (χ3n) is 4.18. The fourth-order valence-corrected chi connectivity index (χ4v) is 3.15. The fourth-order valence-electron chi connectivity index (χ4n) is 3.15. The van der Waals surface area contributed by atoms with Crippen molar-refractivity contribution in [2.75, 3.05) is 13.1 Å². The molecule has 21 heavy (non-hydrogen) atoms. The van der Waals surface area contributed by atoms with Crippen molar-refractivity contribution in [2.45, 2.75) is 25.3 Å². The summed E-state index contributed by atoms with van der Waals surface area (Å²) in [7, 11) is 0. The number of nitrogens with one attached hydrogen (secondary N) is 1. The molecule has 0 saturated carbocycles. The van der Waals surface area contributed by atoms with Crippen molar-refractivity contribution < 1.29 is 4.63 Å². The Kier molecular flexibility index (Phi) is 3.16. The molecule has 1 aliphatic rings. The molecule has 6 heteroatoms. The number of imidazole rings is 1. The summed E-state index contributed by atoms with van der Waals surface area (Å²) in [6, 6.07) is 6.04. The first kappa shape index (κ1) is 12.5. The molecule has 6 nitrogen and oxygen atoms in total. The van der Waals surface area contributed by atoms with E-state index in [-0.39, 0.29) is 0 Å². The maximum Gasteiger partial charge on any atom is 0.139 e. The van der Waals surface area contributed by atoms with E-state index >= 15 is 0 Å². The van der Waals surface area contributed by atoms with Gasteiger partial charge in [-0.05, 0) is 41.3 Å². The predicted molar refractivity (Wildman–Crippen MR) is 77.6 cm³/mol. The number of likely N-dealkylation sites (tertiary alicyclic amines) is 1. The minimum Gasteiger partial charge on any atom is -0.348 e. The first-order chi connectivity index (χ1) is 10.4. The molecule has 1 aromatic carbocycles. The van der Waals surface area contributed by atoms with Crippen LogP contribution in [0, 0.1) is 0 Å². The van der Waals surface area contributed by atoms with Crippen LogP contribution in [-0.2, 0) is 6.54 Å². The van der Waals surface area contributed by atoms with Gasteiger partial charge in [0, 0.05) is 31.4 Å². The Hall–Kier alpha value is -2.21. The third-order valence-corrected chi connectivity index (χ3v) is 4.18. The summed E-state index contributed by atoms with van der Waals surface area (Å²) in [5.74, 6) is 1.59. The summed E-state index contributed by atoms with van der Waals surface area (Å²) in [6.07, 6.45) is 6.12. The number of aromatic nitrogens is 4. The van der Waals surface area contributed by atoms with E-state index in [9.17, 15) is 0 Å². The Balaban J connectivity index is 1.53. The molecule has 0 radical (unpaired) electrons. The van der Waals surface area contributed by atoms with Crippen LogP contribution in [0.3, 0.4) is 0 Å². The molecule has 0 bridgehead atoms. The summed E-state index contributed by atoms with van der Waals surface area (Å²) in [5, 5.41) is 7.93. The van der Waals surface area contributed by atoms with Crippen LogP contribution in [0.4, 0.5) is 0 Å². The lowest BCUT2D eigenvalue weighted by Gasteiger charge is -2.31. The fraction of sp³-hybridized carbons (Fsp3) is 0.400. The van der Waals surface area contributed by atoms with E-state index in [0.717, 1.165) is 36.5 Å². The van der Waals surface area contributed by atoms with Crippen molar-refractivity contribution >= 4 is 11.0 Å². The number of fused-ring (bicyclic) bond motifs is 1. The quantitative estimate of drug-likeness (QED) is 0.798. The number of benzene rings is 1. The number of hydrogen-bond donors (Lipinski definition) is 1. The van der Waals surface area contributed by atoms with Gasteiger partial charge in [0.15, 0.2) is 0 Å². The van der Waals surface area contributed by atoms with Gasteiger partial charge in [0.25, 0.3) is 0 Å². The number of H-pyrrole nitrogens is 1. The van der Waals surface area contributed by atoms with Gasteiger partial charge in [-0.1, -0.05) is 12.1 Å². The molecule has 3 aromatic rings. The molecule has 108 valence electrons. The molecule has 0 amide bonds. The first-order valence-corrected chi connectivity index (χ1v) is 7.32. The summed E-state index contributed by atoms with van der Waals surface area (Å²) in [6.45, 7) is 3.01. The maximum absolute atomic E-state index is 4.84. The highest BCUT2D eigenvalue weighted by atomic mass is 16.6. The van der Waals surface area contributed by atoms with E-state index in [1.807, 2.05) is 24.5 Å². The topological polar surface area (TPSA) is 70.8 Å². The van der Waals surface area contributed by atoms with Crippen molar-refractivity contribution in [2.24, 2.45) is 0 Å². The van der Waals surface area contributed by atoms with Gasteiger partial charge in [-0.25, -0.2) is 9.61 Å². The second-order valence-corrected chi connectivity index (χ2v) is 5.60. The first-order valence-electron chi connectivity index (χ1n) is 7.32. The van der Waals surface area contributed by atoms with Gasteiger partial charge in [0.2, 0.25) is 0 Å². The molecular weight excluding hydrogens is 266 g/mol. The monoisotopic (exact) mass is 283 g/mol. The maximum atomic E-state index is 4.84. The van der Waals surface area contributed by atoms with Crippen LogP contribution in [0.1, 0.15) is 30.1 Å². The van der Waals surface area contributed by atoms with Crippen LogP contribution in [0.15, 0.2) is 35.2 Å². The molecular formula is C15H17N5O. The Morgan fingerprint density at radius 2 is 2.33 bits per heavy atom. The third kappa shape index (κ3) is 2.42. The van der Waals surface area contributed by atoms with Gasteiger partial charge < -0.3 is 4.98 Å². The average Bonchev–Trinajstić information content (AvgIpc) is 3.20. The number of hydrogen-bond acceptors (Lipinski definition) is 5. The van der Waals surface area contributed by atoms with Crippen LogP contribution in [0.25, 0.3) is 11.0 Å². The lowest BCUT2D eigenvalue weighted by atomic mass is 9.97. The van der Waals surface area contributed by atoms with Gasteiger partial charge in [-0.15, -0.1) is 0 Å². The van der Waals surface area contributed by atoms with Crippen LogP contribution < -0.4 is 0 Å². The van der Waals surface area contributed by atoms with Crippen LogP contribution in [-0.4, -0.2) is 38.3 Å². The Bertz CT molecular complexity index is 721. The van der Waals surface area contributed by atoms with E-state index in [2.05, 4.69) is 31.2 Å². The number of nitrogens with zero attached hydrogens (tertiary/aromatic N) is 4. The zero-order valence-electron chi connectivity index (χ0n) is 11.7. The highest BCUT2D eigenvalue weighted by Gasteiger charge is 2.23. The number of aromatic amines is 1. The molecule has 0 aliphatic carbocycles. The standard InChI is InChI=1S/C15H17N5O/c1-3-11(14-13(5-1)18-21-19-14)9-20-8-2-4-12(10-20)15-16-6-7-17-15/h1,3,5-7,12H,2,4,8-10H2,(H,16,17)/t12-/m0/s1. The molecule has 1 fully saturated rings. The van der Waals surface area contributed by atoms with Crippen molar-refractivity contribution in [1.29, 1.82) is 0 Å². The highest BCUT2D eigenvalue weighted by molar-refractivity contribution is 5.76. The number of rotatable bonds is 3. The van der Waals surface area contributed by atoms with E-state index in [0.29, 0.717) is 5.92 Å². The lowest BCUT2D eigenvalue weighted by molar-refractivity contribution is 0.197. The van der Waals surface area contributed by atoms with Gasteiger partial charge in [0.05, 0.1) is 0 Å². The van der Waals surface area contributed by atoms with Crippen LogP contribution >= 0.6 is 0 Å². The van der Waals surface area contributed by atoms with Gasteiger partial charge >= 0.3 is 0 Å². The average molecular weight is 283 g/mol. The van der Waals surface area contributed by atoms with Crippen molar-refractivity contribution in [3.63, 3.8) is 0 Å². The van der Waals surface area contributed by atoms with E-state index in [4.69, 9.17) is 4.63 Å². The SMILES string of the molecule is c1cc(CN2CCC[C@H](c3ncc[nH]3)C2)c2nonc2c1. The molecule has 1 N–H and O–H groups in total. The summed E-state index contributed by atoms with van der Waals surface area (Å²) >= 11 is 0. The highest BCUT2D eigenvalue weighted by Crippen LogP contribution is 2.26. The van der Waals surface area contributed by atoms with E-state index < -0.39 is 0 Å². The largest absolute Gasteiger partial charge is 0.348 e. The van der Waals surface area contributed by atoms with Gasteiger partial charge in [-0.3, -0.25) is 4.90 Å². The van der Waals surface area contributed by atoms with Crippen LogP contribution in [0.5, 0.6) is 0 Å².